The number of nitrogens with one attached hydrogen (secondary N) is 1. The third-order valence-corrected chi connectivity index (χ3v) is 6.38. The zero-order chi connectivity index (χ0) is 26.1. The predicted molar refractivity (Wildman–Crippen MR) is 113 cm³/mol. The minimum absolute atomic E-state index is 0.0891. The van der Waals surface area contributed by atoms with E-state index < -0.39 is 70.7 Å². The lowest BCUT2D eigenvalue weighted by Crippen LogP contribution is -2.62. The number of aliphatic hydroxyl groups excluding tert-OH is 3. The first-order valence-corrected chi connectivity index (χ1v) is 11.0. The van der Waals surface area contributed by atoms with Crippen molar-refractivity contribution in [1.82, 2.24) is 10.3 Å². The molecule has 1 aromatic carbocycles. The van der Waals surface area contributed by atoms with Crippen LogP contribution in [0.5, 0.6) is 0 Å². The molecular weight excluding hydrogens is 528 g/mol. The quantitative estimate of drug-likeness (QED) is 0.278. The number of nitrogens with zero attached hydrogens (tertiary/aromatic N) is 1. The van der Waals surface area contributed by atoms with Crippen LogP contribution in [0, 0.1) is 17.5 Å². The Balaban J connectivity index is 1.81. The molecule has 5 unspecified atom stereocenters. The summed E-state index contributed by atoms with van der Waals surface area (Å²) in [6.07, 6.45) is -7.18. The van der Waals surface area contributed by atoms with Gasteiger partial charge in [0.25, 0.3) is 0 Å². The molecule has 15 heteroatoms. The number of aromatic nitrogens is 1. The van der Waals surface area contributed by atoms with E-state index in [1.807, 2.05) is 0 Å². The second-order valence-electron chi connectivity index (χ2n) is 7.37. The van der Waals surface area contributed by atoms with Crippen molar-refractivity contribution in [2.75, 3.05) is 6.61 Å². The van der Waals surface area contributed by atoms with Gasteiger partial charge in [0, 0.05) is 22.9 Å². The Morgan fingerprint density at radius 1 is 1.17 bits per heavy atom. The van der Waals surface area contributed by atoms with Gasteiger partial charge in [-0.05, 0) is 18.2 Å². The van der Waals surface area contributed by atoms with Crippen LogP contribution >= 0.6 is 23.4 Å². The number of halogens is 7. The Labute approximate surface area is 203 Å². The van der Waals surface area contributed by atoms with Crippen molar-refractivity contribution in [3.63, 3.8) is 0 Å². The fourth-order valence-electron chi connectivity index (χ4n) is 3.20. The predicted octanol–water partition coefficient (Wildman–Crippen LogP) is 2.62. The minimum atomic E-state index is -4.77. The van der Waals surface area contributed by atoms with E-state index in [4.69, 9.17) is 22.1 Å². The van der Waals surface area contributed by atoms with Crippen LogP contribution in [0.2, 0.25) is 5.02 Å². The molecule has 2 heterocycles. The highest BCUT2D eigenvalue weighted by Gasteiger charge is 2.44. The lowest BCUT2D eigenvalue weighted by Gasteiger charge is -2.42. The zero-order valence-electron chi connectivity index (χ0n) is 17.3. The van der Waals surface area contributed by atoms with Crippen molar-refractivity contribution >= 4 is 29.1 Å². The number of aliphatic hydroxyl groups is 3. The van der Waals surface area contributed by atoms with Crippen molar-refractivity contribution < 1.29 is 46.4 Å². The molecule has 1 saturated heterocycles. The van der Waals surface area contributed by atoms with Gasteiger partial charge in [0.05, 0.1) is 23.4 Å². The molecular formula is C20H18ClF6N3O4S. The number of rotatable bonds is 6. The summed E-state index contributed by atoms with van der Waals surface area (Å²) >= 11 is 6.39. The van der Waals surface area contributed by atoms with Crippen LogP contribution in [0.3, 0.4) is 0 Å². The Morgan fingerprint density at radius 2 is 1.80 bits per heavy atom. The van der Waals surface area contributed by atoms with Crippen molar-refractivity contribution in [2.45, 2.75) is 40.9 Å². The lowest BCUT2D eigenvalue weighted by atomic mass is 9.97. The van der Waals surface area contributed by atoms with Gasteiger partial charge in [0.2, 0.25) is 0 Å². The van der Waals surface area contributed by atoms with Crippen LogP contribution in [0.25, 0.3) is 5.70 Å². The molecule has 5 atom stereocenters. The maximum atomic E-state index is 13.5. The summed E-state index contributed by atoms with van der Waals surface area (Å²) in [5.74, 6) is -4.65. The van der Waals surface area contributed by atoms with Crippen molar-refractivity contribution in [3.8, 4) is 0 Å². The highest BCUT2D eigenvalue weighted by atomic mass is 35.5. The van der Waals surface area contributed by atoms with Crippen molar-refractivity contribution in [1.29, 1.82) is 0 Å². The number of ether oxygens (including phenoxy) is 1. The van der Waals surface area contributed by atoms with Crippen LogP contribution < -0.4 is 11.1 Å². The van der Waals surface area contributed by atoms with Gasteiger partial charge >= 0.3 is 6.18 Å². The van der Waals surface area contributed by atoms with Crippen LogP contribution in [0.1, 0.15) is 11.3 Å². The maximum absolute atomic E-state index is 13.5. The number of hydrogen-bond donors (Lipinski definition) is 5. The molecule has 7 nitrogen and oxygen atoms in total. The fraction of sp³-hybridized carbons (Fsp3) is 0.350. The molecule has 35 heavy (non-hydrogen) atoms. The number of benzene rings is 1. The van der Waals surface area contributed by atoms with Gasteiger partial charge in [-0.25, -0.2) is 18.2 Å². The van der Waals surface area contributed by atoms with Gasteiger partial charge < -0.3 is 31.1 Å². The molecule has 1 aromatic heterocycles. The van der Waals surface area contributed by atoms with Crippen LogP contribution in [0.4, 0.5) is 26.3 Å². The highest BCUT2D eigenvalue weighted by molar-refractivity contribution is 7.99. The summed E-state index contributed by atoms with van der Waals surface area (Å²) in [7, 11) is 0. The van der Waals surface area contributed by atoms with Gasteiger partial charge in [-0.15, -0.1) is 0 Å². The van der Waals surface area contributed by atoms with Crippen LogP contribution in [-0.4, -0.2) is 56.7 Å². The van der Waals surface area contributed by atoms with E-state index in [0.717, 1.165) is 30.2 Å². The molecule has 6 N–H and O–H groups in total. The topological polar surface area (TPSA) is 121 Å². The van der Waals surface area contributed by atoms with Crippen molar-refractivity contribution in [2.24, 2.45) is 5.73 Å². The minimum Gasteiger partial charge on any atom is -0.397 e. The third kappa shape index (κ3) is 6.13. The fourth-order valence-corrected chi connectivity index (χ4v) is 4.61. The average Bonchev–Trinajstić information content (AvgIpc) is 2.77. The molecule has 0 radical (unpaired) electrons. The van der Waals surface area contributed by atoms with E-state index in [1.54, 1.807) is 0 Å². The maximum Gasteiger partial charge on any atom is 0.434 e. The first kappa shape index (κ1) is 27.4. The molecule has 1 aliphatic heterocycles. The summed E-state index contributed by atoms with van der Waals surface area (Å²) in [6.45, 7) is -0.692. The molecule has 1 fully saturated rings. The molecule has 0 bridgehead atoms. The zero-order valence-corrected chi connectivity index (χ0v) is 18.9. The Hall–Kier alpha value is -2.23. The molecule has 3 rings (SSSR count). The number of hydrogen-bond acceptors (Lipinski definition) is 8. The van der Waals surface area contributed by atoms with Crippen molar-refractivity contribution in [3.05, 3.63) is 64.3 Å². The highest BCUT2D eigenvalue weighted by Crippen LogP contribution is 2.38. The normalized spacial score (nSPS) is 25.5. The van der Waals surface area contributed by atoms with E-state index in [-0.39, 0.29) is 16.2 Å². The monoisotopic (exact) mass is 545 g/mol. The van der Waals surface area contributed by atoms with Crippen LogP contribution in [0.15, 0.2) is 35.5 Å². The van der Waals surface area contributed by atoms with Gasteiger partial charge in [-0.1, -0.05) is 23.4 Å². The van der Waals surface area contributed by atoms with Gasteiger partial charge in [0.1, 0.15) is 23.7 Å². The molecule has 0 aliphatic carbocycles. The summed E-state index contributed by atoms with van der Waals surface area (Å²) in [5.41, 5.74) is 2.72. The van der Waals surface area contributed by atoms with E-state index in [1.165, 1.54) is 0 Å². The smallest absolute Gasteiger partial charge is 0.397 e. The molecule has 0 spiro atoms. The van der Waals surface area contributed by atoms with E-state index in [0.29, 0.717) is 12.1 Å². The van der Waals surface area contributed by atoms with Gasteiger partial charge in [-0.2, -0.15) is 13.2 Å². The Morgan fingerprint density at radius 3 is 2.34 bits per heavy atom. The third-order valence-electron chi connectivity index (χ3n) is 4.97. The van der Waals surface area contributed by atoms with E-state index in [9.17, 15) is 41.7 Å². The van der Waals surface area contributed by atoms with E-state index >= 15 is 0 Å². The summed E-state index contributed by atoms with van der Waals surface area (Å²) in [4.78, 5) is 3.37. The molecule has 2 aromatic rings. The van der Waals surface area contributed by atoms with Gasteiger partial charge in [-0.3, -0.25) is 0 Å². The molecule has 0 amide bonds. The number of nitrogens with two attached hydrogens (primary N) is 1. The largest absolute Gasteiger partial charge is 0.434 e. The Bertz CT molecular complexity index is 1090. The summed E-state index contributed by atoms with van der Waals surface area (Å²) < 4.78 is 84.2. The second-order valence-corrected chi connectivity index (χ2v) is 8.95. The molecule has 1 aliphatic rings. The van der Waals surface area contributed by atoms with Crippen LogP contribution in [-0.2, 0) is 10.9 Å². The first-order valence-electron chi connectivity index (χ1n) is 9.72. The lowest BCUT2D eigenvalue weighted by molar-refractivity contribution is -0.164. The molecule has 0 saturated carbocycles. The number of thioether (sulfide) groups is 1. The SMILES string of the molecule is N/C(=C\NC1C(O)C(CO)OC(Sc2cnc(C(F)(F)F)c(Cl)c2)C1O)c1cc(F)c(F)c(F)c1. The van der Waals surface area contributed by atoms with E-state index in [2.05, 4.69) is 10.3 Å². The molecule has 192 valence electrons. The first-order chi connectivity index (χ1) is 16.3. The summed E-state index contributed by atoms with van der Waals surface area (Å²) in [5, 5.41) is 32.6. The standard InChI is InChI=1S/C20H18ClF6N3O4S/c21-9-3-8(4-30-18(9)20(25,26)27)35-19-17(33)15(16(32)13(6-31)34-19)29-5-12(28)7-1-10(22)14(24)11(23)2-7/h1-5,13,15-17,19,29,31-33H,6,28H2/b12-5-. The summed E-state index contributed by atoms with van der Waals surface area (Å²) in [6, 6.07) is 0.984. The average molecular weight is 546 g/mol. The number of alkyl halides is 3. The second kappa shape index (κ2) is 10.8. The number of pyridine rings is 1. The van der Waals surface area contributed by atoms with Gasteiger partial charge in [0.15, 0.2) is 23.1 Å². The Kier molecular flexibility index (Phi) is 8.44.